The lowest BCUT2D eigenvalue weighted by atomic mass is 10.1. The molecule has 144 valence electrons. The van der Waals surface area contributed by atoms with Gasteiger partial charge in [-0.1, -0.05) is 46.3 Å². The van der Waals surface area contributed by atoms with E-state index < -0.39 is 6.04 Å². The van der Waals surface area contributed by atoms with Crippen molar-refractivity contribution in [3.05, 3.63) is 64.6 Å². The molecule has 2 aromatic carbocycles. The maximum atomic E-state index is 12.8. The second-order valence-corrected chi connectivity index (χ2v) is 7.12. The number of para-hydroxylation sites is 1. The summed E-state index contributed by atoms with van der Waals surface area (Å²) in [5, 5.41) is 2.62. The van der Waals surface area contributed by atoms with E-state index >= 15 is 0 Å². The molecule has 2 rings (SSSR count). The van der Waals surface area contributed by atoms with Gasteiger partial charge >= 0.3 is 0 Å². The Labute approximate surface area is 168 Å². The van der Waals surface area contributed by atoms with E-state index in [9.17, 15) is 9.59 Å². The van der Waals surface area contributed by atoms with E-state index in [-0.39, 0.29) is 11.8 Å². The number of likely N-dealkylation sites (N-methyl/N-ethyl adjacent to an activating group) is 1. The fourth-order valence-electron chi connectivity index (χ4n) is 2.65. The van der Waals surface area contributed by atoms with Gasteiger partial charge in [-0.2, -0.15) is 0 Å². The van der Waals surface area contributed by atoms with Gasteiger partial charge in [0.2, 0.25) is 11.8 Å². The number of carbonyl (C=O) groups excluding carboxylic acids is 2. The number of hydrogen-bond acceptors (Lipinski definition) is 3. The number of benzene rings is 2. The van der Waals surface area contributed by atoms with Crippen molar-refractivity contribution in [2.45, 2.75) is 32.4 Å². The number of carbonyl (C=O) groups is 2. The Balaban J connectivity index is 1.95. The second kappa shape index (κ2) is 10.7. The normalized spacial score (nSPS) is 11.5. The van der Waals surface area contributed by atoms with Crippen LogP contribution in [0.3, 0.4) is 0 Å². The summed E-state index contributed by atoms with van der Waals surface area (Å²) >= 11 is 3.41. The lowest BCUT2D eigenvalue weighted by Crippen LogP contribution is -2.46. The van der Waals surface area contributed by atoms with Gasteiger partial charge in [-0.25, -0.2) is 0 Å². The fourth-order valence-corrected chi connectivity index (χ4v) is 2.92. The number of hydrogen-bond donors (Lipinski definition) is 1. The molecule has 2 aromatic rings. The zero-order chi connectivity index (χ0) is 19.6. The molecule has 0 bridgehead atoms. The Hall–Kier alpha value is -2.34. The number of nitrogens with one attached hydrogen (secondary N) is 1. The van der Waals surface area contributed by atoms with Crippen molar-refractivity contribution in [1.82, 2.24) is 10.2 Å². The molecule has 0 aliphatic heterocycles. The third-order valence-electron chi connectivity index (χ3n) is 4.23. The van der Waals surface area contributed by atoms with Crippen LogP contribution in [0.15, 0.2) is 59.1 Å². The molecule has 0 fully saturated rings. The van der Waals surface area contributed by atoms with Crippen LogP contribution in [0.25, 0.3) is 0 Å². The quantitative estimate of drug-likeness (QED) is 0.613. The summed E-state index contributed by atoms with van der Waals surface area (Å²) in [6, 6.07) is 16.7. The van der Waals surface area contributed by atoms with Crippen LogP contribution in [0.4, 0.5) is 0 Å². The first kappa shape index (κ1) is 21.0. The molecule has 1 atom stereocenters. The fraction of sp³-hybridized carbons (Fsp3) is 0.333. The van der Waals surface area contributed by atoms with E-state index in [1.54, 1.807) is 18.9 Å². The zero-order valence-corrected chi connectivity index (χ0v) is 17.2. The summed E-state index contributed by atoms with van der Waals surface area (Å²) in [4.78, 5) is 26.5. The molecule has 1 N–H and O–H groups in total. The molecule has 27 heavy (non-hydrogen) atoms. The Bertz CT molecular complexity index is 735. The van der Waals surface area contributed by atoms with Gasteiger partial charge < -0.3 is 15.0 Å². The largest absolute Gasteiger partial charge is 0.494 e. The number of amides is 2. The molecule has 0 aliphatic rings. The van der Waals surface area contributed by atoms with Crippen molar-refractivity contribution >= 4 is 27.7 Å². The first-order chi connectivity index (χ1) is 13.0. The lowest BCUT2D eigenvalue weighted by Gasteiger charge is -2.28. The SMILES string of the molecule is CNC(=O)[C@@H](C)N(Cc1ccc(Br)cc1)C(=O)CCCOc1ccccc1. The summed E-state index contributed by atoms with van der Waals surface area (Å²) in [7, 11) is 1.58. The minimum Gasteiger partial charge on any atom is -0.494 e. The van der Waals surface area contributed by atoms with Crippen molar-refractivity contribution in [2.24, 2.45) is 0 Å². The highest BCUT2D eigenvalue weighted by Crippen LogP contribution is 2.16. The molecule has 5 nitrogen and oxygen atoms in total. The lowest BCUT2D eigenvalue weighted by molar-refractivity contribution is -0.140. The van der Waals surface area contributed by atoms with Gasteiger partial charge in [0.25, 0.3) is 0 Å². The number of halogens is 1. The summed E-state index contributed by atoms with van der Waals surface area (Å²) in [5.41, 5.74) is 0.975. The Morgan fingerprint density at radius 1 is 1.11 bits per heavy atom. The van der Waals surface area contributed by atoms with E-state index in [0.717, 1.165) is 15.8 Å². The molecule has 0 saturated heterocycles. The second-order valence-electron chi connectivity index (χ2n) is 6.20. The summed E-state index contributed by atoms with van der Waals surface area (Å²) in [6.45, 7) is 2.59. The Kier molecular flexibility index (Phi) is 8.33. The first-order valence-electron chi connectivity index (χ1n) is 8.94. The molecule has 0 heterocycles. The van der Waals surface area contributed by atoms with Crippen molar-refractivity contribution in [3.8, 4) is 5.75 Å². The number of ether oxygens (including phenoxy) is 1. The molecular formula is C21H25BrN2O3. The highest BCUT2D eigenvalue weighted by atomic mass is 79.9. The van der Waals surface area contributed by atoms with Crippen LogP contribution in [-0.4, -0.2) is 36.4 Å². The average Bonchev–Trinajstić information content (AvgIpc) is 2.70. The molecule has 0 aromatic heterocycles. The summed E-state index contributed by atoms with van der Waals surface area (Å²) in [5.74, 6) is 0.544. The standard InChI is InChI=1S/C21H25BrN2O3/c1-16(21(26)23-2)24(15-17-10-12-18(22)13-11-17)20(25)9-6-14-27-19-7-4-3-5-8-19/h3-5,7-8,10-13,16H,6,9,14-15H2,1-2H3,(H,23,26)/t16-/m1/s1. The van der Waals surface area contributed by atoms with Gasteiger partial charge in [0.05, 0.1) is 6.61 Å². The summed E-state index contributed by atoms with van der Waals surface area (Å²) < 4.78 is 6.62. The molecule has 6 heteroatoms. The van der Waals surface area contributed by atoms with Crippen LogP contribution >= 0.6 is 15.9 Å². The minimum absolute atomic E-state index is 0.0642. The van der Waals surface area contributed by atoms with Crippen LogP contribution in [0, 0.1) is 0 Å². The number of rotatable bonds is 9. The van der Waals surface area contributed by atoms with Crippen LogP contribution in [0.2, 0.25) is 0 Å². The predicted octanol–water partition coefficient (Wildman–Crippen LogP) is 3.77. The van der Waals surface area contributed by atoms with Gasteiger partial charge in [0.15, 0.2) is 0 Å². The molecule has 0 spiro atoms. The number of nitrogens with zero attached hydrogens (tertiary/aromatic N) is 1. The van der Waals surface area contributed by atoms with Gasteiger partial charge in [0, 0.05) is 24.5 Å². The molecule has 0 saturated carbocycles. The van der Waals surface area contributed by atoms with Gasteiger partial charge in [0.1, 0.15) is 11.8 Å². The highest BCUT2D eigenvalue weighted by Gasteiger charge is 2.25. The molecule has 0 aliphatic carbocycles. The van der Waals surface area contributed by atoms with Crippen molar-refractivity contribution < 1.29 is 14.3 Å². The third-order valence-corrected chi connectivity index (χ3v) is 4.76. The van der Waals surface area contributed by atoms with Crippen LogP contribution in [-0.2, 0) is 16.1 Å². The summed E-state index contributed by atoms with van der Waals surface area (Å²) in [6.07, 6.45) is 0.912. The molecule has 2 amide bonds. The topological polar surface area (TPSA) is 58.6 Å². The Morgan fingerprint density at radius 2 is 1.78 bits per heavy atom. The third kappa shape index (κ3) is 6.71. The van der Waals surface area contributed by atoms with Crippen LogP contribution in [0.1, 0.15) is 25.3 Å². The van der Waals surface area contributed by atoms with Crippen molar-refractivity contribution in [1.29, 1.82) is 0 Å². The average molecular weight is 433 g/mol. The minimum atomic E-state index is -0.541. The highest BCUT2D eigenvalue weighted by molar-refractivity contribution is 9.10. The van der Waals surface area contributed by atoms with E-state index in [1.807, 2.05) is 54.6 Å². The monoisotopic (exact) mass is 432 g/mol. The van der Waals surface area contributed by atoms with Crippen molar-refractivity contribution in [3.63, 3.8) is 0 Å². The van der Waals surface area contributed by atoms with Crippen molar-refractivity contribution in [2.75, 3.05) is 13.7 Å². The molecule has 0 radical (unpaired) electrons. The van der Waals surface area contributed by atoms with Gasteiger partial charge in [-0.15, -0.1) is 0 Å². The van der Waals surface area contributed by atoms with Crippen LogP contribution < -0.4 is 10.1 Å². The van der Waals surface area contributed by atoms with Gasteiger partial charge in [-0.05, 0) is 43.2 Å². The zero-order valence-electron chi connectivity index (χ0n) is 15.7. The Morgan fingerprint density at radius 3 is 2.41 bits per heavy atom. The van der Waals surface area contributed by atoms with Gasteiger partial charge in [-0.3, -0.25) is 9.59 Å². The first-order valence-corrected chi connectivity index (χ1v) is 9.74. The van der Waals surface area contributed by atoms with Crippen LogP contribution in [0.5, 0.6) is 5.75 Å². The molecular weight excluding hydrogens is 408 g/mol. The maximum Gasteiger partial charge on any atom is 0.242 e. The maximum absolute atomic E-state index is 12.8. The van der Waals surface area contributed by atoms with E-state index in [1.165, 1.54) is 0 Å². The van der Waals surface area contributed by atoms with E-state index in [0.29, 0.717) is 26.0 Å². The smallest absolute Gasteiger partial charge is 0.242 e. The molecule has 0 unspecified atom stereocenters. The van der Waals surface area contributed by atoms with E-state index in [2.05, 4.69) is 21.2 Å². The predicted molar refractivity (Wildman–Crippen MR) is 109 cm³/mol. The van der Waals surface area contributed by atoms with E-state index in [4.69, 9.17) is 4.74 Å².